The van der Waals surface area contributed by atoms with Gasteiger partial charge in [-0.15, -0.1) is 0 Å². The van der Waals surface area contributed by atoms with E-state index in [4.69, 9.17) is 0 Å². The van der Waals surface area contributed by atoms with E-state index < -0.39 is 19.0 Å². The highest BCUT2D eigenvalue weighted by Gasteiger charge is 2.16. The summed E-state index contributed by atoms with van der Waals surface area (Å²) in [5.41, 5.74) is 0. The van der Waals surface area contributed by atoms with Crippen molar-refractivity contribution in [3.63, 3.8) is 0 Å². The Morgan fingerprint density at radius 1 is 1.54 bits per heavy atom. The van der Waals surface area contributed by atoms with Gasteiger partial charge in [-0.05, 0) is 13.8 Å². The average Bonchev–Trinajstić information content (AvgIpc) is 2.11. The topological polar surface area (TPSA) is 32.3 Å². The number of halogens is 2. The van der Waals surface area contributed by atoms with Crippen molar-refractivity contribution < 1.29 is 13.6 Å². The third-order valence-corrected chi connectivity index (χ3v) is 1.80. The second kappa shape index (κ2) is 5.85. The van der Waals surface area contributed by atoms with Crippen molar-refractivity contribution >= 4 is 5.91 Å². The summed E-state index contributed by atoms with van der Waals surface area (Å²) in [4.78, 5) is 12.8. The van der Waals surface area contributed by atoms with Gasteiger partial charge in [0.2, 0.25) is 5.91 Å². The predicted octanol–water partition coefficient (Wildman–Crippen LogP) is 0.708. The van der Waals surface area contributed by atoms with Crippen LogP contribution in [0.1, 0.15) is 13.8 Å². The minimum Gasteiger partial charge on any atom is -0.345 e. The molecule has 0 aliphatic heterocycles. The van der Waals surface area contributed by atoms with E-state index in [1.807, 2.05) is 6.92 Å². The number of carbonyl (C=O) groups excluding carboxylic acids is 1. The van der Waals surface area contributed by atoms with Crippen LogP contribution in [0, 0.1) is 0 Å². The van der Waals surface area contributed by atoms with E-state index in [0.29, 0.717) is 6.54 Å². The molecule has 0 fully saturated rings. The lowest BCUT2D eigenvalue weighted by Crippen LogP contribution is -2.44. The maximum absolute atomic E-state index is 11.8. The highest BCUT2D eigenvalue weighted by atomic mass is 19.3. The molecule has 3 nitrogen and oxygen atoms in total. The fourth-order valence-corrected chi connectivity index (χ4v) is 0.840. The van der Waals surface area contributed by atoms with Crippen LogP contribution in [0.5, 0.6) is 0 Å². The zero-order valence-electron chi connectivity index (χ0n) is 8.18. The number of hydrogen-bond acceptors (Lipinski definition) is 2. The second-order valence-corrected chi connectivity index (χ2v) is 2.87. The van der Waals surface area contributed by atoms with E-state index in [1.165, 1.54) is 4.90 Å². The van der Waals surface area contributed by atoms with Gasteiger partial charge < -0.3 is 10.2 Å². The van der Waals surface area contributed by atoms with Crippen molar-refractivity contribution in [2.24, 2.45) is 0 Å². The number of likely N-dealkylation sites (N-methyl/N-ethyl adjacent to an activating group) is 1. The van der Waals surface area contributed by atoms with Crippen LogP contribution in [0.2, 0.25) is 0 Å². The van der Waals surface area contributed by atoms with Crippen molar-refractivity contribution in [1.29, 1.82) is 0 Å². The molecule has 1 atom stereocenters. The summed E-state index contributed by atoms with van der Waals surface area (Å²) < 4.78 is 23.5. The van der Waals surface area contributed by atoms with E-state index in [-0.39, 0.29) is 5.91 Å². The fourth-order valence-electron chi connectivity index (χ4n) is 0.840. The Bertz CT molecular complexity index is 164. The maximum Gasteiger partial charge on any atom is 0.250 e. The Kier molecular flexibility index (Phi) is 5.53. The Morgan fingerprint density at radius 2 is 2.08 bits per heavy atom. The molecular weight excluding hydrogens is 178 g/mol. The standard InChI is InChI=1S/C8H16F2N2O/c1-4-12(3)8(13)6(2)11-5-7(9)10/h6-7,11H,4-5H2,1-3H3. The normalized spacial score (nSPS) is 13.1. The molecule has 0 aliphatic carbocycles. The van der Waals surface area contributed by atoms with E-state index >= 15 is 0 Å². The van der Waals surface area contributed by atoms with Crippen LogP contribution in [0.25, 0.3) is 0 Å². The van der Waals surface area contributed by atoms with Gasteiger partial charge in [0.1, 0.15) is 0 Å². The van der Waals surface area contributed by atoms with Crippen molar-refractivity contribution in [2.75, 3.05) is 20.1 Å². The average molecular weight is 194 g/mol. The molecule has 78 valence electrons. The summed E-state index contributed by atoms with van der Waals surface area (Å²) in [6.07, 6.45) is -2.41. The maximum atomic E-state index is 11.8. The molecule has 5 heteroatoms. The monoisotopic (exact) mass is 194 g/mol. The van der Waals surface area contributed by atoms with Crippen molar-refractivity contribution in [2.45, 2.75) is 26.3 Å². The molecular formula is C8H16F2N2O. The van der Waals surface area contributed by atoms with Gasteiger partial charge in [0.05, 0.1) is 12.6 Å². The zero-order valence-corrected chi connectivity index (χ0v) is 8.18. The van der Waals surface area contributed by atoms with Crippen LogP contribution >= 0.6 is 0 Å². The van der Waals surface area contributed by atoms with Crippen molar-refractivity contribution in [3.05, 3.63) is 0 Å². The van der Waals surface area contributed by atoms with Gasteiger partial charge in [-0.25, -0.2) is 8.78 Å². The lowest BCUT2D eigenvalue weighted by atomic mass is 10.3. The molecule has 1 N–H and O–H groups in total. The third kappa shape index (κ3) is 4.77. The van der Waals surface area contributed by atoms with E-state index in [9.17, 15) is 13.6 Å². The van der Waals surface area contributed by atoms with Crippen molar-refractivity contribution in [1.82, 2.24) is 10.2 Å². The van der Waals surface area contributed by atoms with Crippen LogP contribution in [0.3, 0.4) is 0 Å². The van der Waals surface area contributed by atoms with Gasteiger partial charge in [0.15, 0.2) is 0 Å². The first-order valence-corrected chi connectivity index (χ1v) is 4.25. The minimum absolute atomic E-state index is 0.164. The van der Waals surface area contributed by atoms with Crippen LogP contribution in [0.4, 0.5) is 8.78 Å². The van der Waals surface area contributed by atoms with Crippen LogP contribution in [0.15, 0.2) is 0 Å². The molecule has 0 aromatic heterocycles. The molecule has 0 radical (unpaired) electrons. The van der Waals surface area contributed by atoms with Gasteiger partial charge >= 0.3 is 0 Å². The summed E-state index contributed by atoms with van der Waals surface area (Å²) in [7, 11) is 1.64. The van der Waals surface area contributed by atoms with Gasteiger partial charge in [-0.2, -0.15) is 0 Å². The predicted molar refractivity (Wildman–Crippen MR) is 46.8 cm³/mol. The Labute approximate surface area is 77.1 Å². The van der Waals surface area contributed by atoms with E-state index in [2.05, 4.69) is 5.32 Å². The van der Waals surface area contributed by atoms with Gasteiger partial charge in [-0.1, -0.05) is 0 Å². The Hall–Kier alpha value is -0.710. The molecule has 0 aromatic carbocycles. The van der Waals surface area contributed by atoms with E-state index in [0.717, 1.165) is 0 Å². The van der Waals surface area contributed by atoms with Gasteiger partial charge in [0.25, 0.3) is 6.43 Å². The molecule has 0 saturated carbocycles. The molecule has 1 amide bonds. The first-order valence-electron chi connectivity index (χ1n) is 4.25. The molecule has 0 aromatic rings. The summed E-state index contributed by atoms with van der Waals surface area (Å²) in [5.74, 6) is -0.164. The number of carbonyl (C=O) groups is 1. The van der Waals surface area contributed by atoms with Crippen LogP contribution < -0.4 is 5.32 Å². The molecule has 0 bridgehead atoms. The van der Waals surface area contributed by atoms with E-state index in [1.54, 1.807) is 14.0 Å². The quantitative estimate of drug-likeness (QED) is 0.699. The van der Waals surface area contributed by atoms with Crippen molar-refractivity contribution in [3.8, 4) is 0 Å². The molecule has 0 aliphatic rings. The molecule has 1 unspecified atom stereocenters. The lowest BCUT2D eigenvalue weighted by Gasteiger charge is -2.20. The lowest BCUT2D eigenvalue weighted by molar-refractivity contribution is -0.131. The first-order chi connectivity index (χ1) is 5.99. The summed E-state index contributed by atoms with van der Waals surface area (Å²) >= 11 is 0. The smallest absolute Gasteiger partial charge is 0.250 e. The number of nitrogens with one attached hydrogen (secondary N) is 1. The molecule has 0 rings (SSSR count). The number of hydrogen-bond donors (Lipinski definition) is 1. The molecule has 0 spiro atoms. The summed E-state index contributed by atoms with van der Waals surface area (Å²) in [6, 6.07) is -0.543. The SMILES string of the molecule is CCN(C)C(=O)C(C)NCC(F)F. The third-order valence-electron chi connectivity index (χ3n) is 1.80. The Morgan fingerprint density at radius 3 is 2.46 bits per heavy atom. The molecule has 0 saturated heterocycles. The van der Waals surface area contributed by atoms with Gasteiger partial charge in [0, 0.05) is 13.6 Å². The van der Waals surface area contributed by atoms with Crippen LogP contribution in [-0.2, 0) is 4.79 Å². The van der Waals surface area contributed by atoms with Gasteiger partial charge in [-0.3, -0.25) is 4.79 Å². The molecule has 13 heavy (non-hydrogen) atoms. The number of alkyl halides is 2. The first kappa shape index (κ1) is 12.3. The zero-order chi connectivity index (χ0) is 10.4. The number of rotatable bonds is 5. The fraction of sp³-hybridized carbons (Fsp3) is 0.875. The molecule has 0 heterocycles. The largest absolute Gasteiger partial charge is 0.345 e. The summed E-state index contributed by atoms with van der Waals surface area (Å²) in [5, 5.41) is 2.46. The Balaban J connectivity index is 3.82. The second-order valence-electron chi connectivity index (χ2n) is 2.87. The highest BCUT2D eigenvalue weighted by molar-refractivity contribution is 5.81. The van der Waals surface area contributed by atoms with Crippen LogP contribution in [-0.4, -0.2) is 43.4 Å². The number of amides is 1. The minimum atomic E-state index is -2.41. The summed E-state index contributed by atoms with van der Waals surface area (Å²) in [6.45, 7) is 3.55. The number of nitrogens with zero attached hydrogens (tertiary/aromatic N) is 1. The highest BCUT2D eigenvalue weighted by Crippen LogP contribution is 1.94.